The Labute approximate surface area is 159 Å². The van der Waals surface area contributed by atoms with Gasteiger partial charge in [-0.25, -0.2) is 9.59 Å². The summed E-state index contributed by atoms with van der Waals surface area (Å²) in [7, 11) is 0. The van der Waals surface area contributed by atoms with Gasteiger partial charge in [0.2, 0.25) is 0 Å². The third kappa shape index (κ3) is 5.43. The third-order valence-corrected chi connectivity index (χ3v) is 5.47. The zero-order valence-corrected chi connectivity index (χ0v) is 15.5. The fourth-order valence-electron chi connectivity index (χ4n) is 3.55. The van der Waals surface area contributed by atoms with E-state index in [0.29, 0.717) is 31.0 Å². The minimum Gasteiger partial charge on any atom is -0.459 e. The van der Waals surface area contributed by atoms with Crippen molar-refractivity contribution in [2.45, 2.75) is 44.6 Å². The number of ether oxygens (including phenoxy) is 2. The van der Waals surface area contributed by atoms with E-state index in [0.717, 1.165) is 38.5 Å². The summed E-state index contributed by atoms with van der Waals surface area (Å²) in [6.45, 7) is 1.61. The first-order valence-corrected chi connectivity index (χ1v) is 9.65. The van der Waals surface area contributed by atoms with Crippen LogP contribution in [0.4, 0.5) is 10.5 Å². The molecule has 0 aromatic heterocycles. The first-order valence-electron chi connectivity index (χ1n) is 9.65. The molecular weight excluding hydrogens is 348 g/mol. The molecule has 1 aromatic carbocycles. The minimum atomic E-state index is -0.337. The van der Waals surface area contributed by atoms with Crippen LogP contribution in [0.25, 0.3) is 0 Å². The Kier molecular flexibility index (Phi) is 6.68. The van der Waals surface area contributed by atoms with E-state index in [4.69, 9.17) is 9.47 Å². The molecule has 7 heteroatoms. The molecule has 0 bridgehead atoms. The number of carbonyl (C=O) groups excluding carboxylic acids is 2. The summed E-state index contributed by atoms with van der Waals surface area (Å²) in [5.74, 6) is -0.317. The lowest BCUT2D eigenvalue weighted by Crippen LogP contribution is -2.44. The van der Waals surface area contributed by atoms with E-state index in [1.165, 1.54) is 0 Å². The largest absolute Gasteiger partial charge is 0.459 e. The summed E-state index contributed by atoms with van der Waals surface area (Å²) in [4.78, 5) is 24.3. The molecule has 3 rings (SSSR count). The van der Waals surface area contributed by atoms with E-state index in [1.54, 1.807) is 24.3 Å². The molecule has 1 saturated carbocycles. The van der Waals surface area contributed by atoms with Crippen molar-refractivity contribution >= 4 is 17.7 Å². The van der Waals surface area contributed by atoms with Gasteiger partial charge in [0.15, 0.2) is 0 Å². The van der Waals surface area contributed by atoms with Crippen molar-refractivity contribution in [1.82, 2.24) is 5.32 Å². The number of hydrogen-bond acceptors (Lipinski definition) is 5. The number of urea groups is 1. The van der Waals surface area contributed by atoms with Gasteiger partial charge in [-0.15, -0.1) is 0 Å². The molecule has 0 spiro atoms. The van der Waals surface area contributed by atoms with Gasteiger partial charge in [-0.05, 0) is 62.8 Å². The van der Waals surface area contributed by atoms with Crippen LogP contribution in [0.3, 0.4) is 0 Å². The smallest absolute Gasteiger partial charge is 0.338 e. The Hall–Kier alpha value is -2.12. The van der Waals surface area contributed by atoms with Crippen molar-refractivity contribution < 1.29 is 24.2 Å². The molecular formula is C20H28N2O5. The second kappa shape index (κ2) is 9.19. The maximum absolute atomic E-state index is 12.1. The van der Waals surface area contributed by atoms with Crippen LogP contribution in [0.15, 0.2) is 24.3 Å². The van der Waals surface area contributed by atoms with Crippen molar-refractivity contribution in [3.8, 4) is 0 Å². The number of amides is 2. The van der Waals surface area contributed by atoms with Crippen molar-refractivity contribution in [1.29, 1.82) is 0 Å². The number of esters is 1. The van der Waals surface area contributed by atoms with E-state index >= 15 is 0 Å². The lowest BCUT2D eigenvalue weighted by atomic mass is 9.81. The number of carbonyl (C=O) groups is 2. The average molecular weight is 376 g/mol. The molecule has 1 saturated heterocycles. The molecule has 1 aliphatic carbocycles. The van der Waals surface area contributed by atoms with E-state index in [1.807, 2.05) is 0 Å². The van der Waals surface area contributed by atoms with Crippen LogP contribution in [0.2, 0.25) is 0 Å². The SMILES string of the molecule is O=C(NCC1(CO)CCOCC1)Nc1ccc(C(=O)OC2CCCC2)cc1. The topological polar surface area (TPSA) is 96.9 Å². The van der Waals surface area contributed by atoms with E-state index in [-0.39, 0.29) is 30.1 Å². The lowest BCUT2D eigenvalue weighted by molar-refractivity contribution is -0.0136. The predicted octanol–water partition coefficient (Wildman–Crippen LogP) is 2.70. The van der Waals surface area contributed by atoms with Gasteiger partial charge in [-0.1, -0.05) is 0 Å². The molecule has 2 amide bonds. The van der Waals surface area contributed by atoms with Crippen molar-refractivity contribution in [3.05, 3.63) is 29.8 Å². The molecule has 1 aromatic rings. The molecule has 3 N–H and O–H groups in total. The Morgan fingerprint density at radius 1 is 1.15 bits per heavy atom. The van der Waals surface area contributed by atoms with Crippen molar-refractivity contribution in [2.24, 2.45) is 5.41 Å². The number of hydrogen-bond donors (Lipinski definition) is 3. The Morgan fingerprint density at radius 3 is 2.44 bits per heavy atom. The van der Waals surface area contributed by atoms with Gasteiger partial charge in [0, 0.05) is 30.9 Å². The van der Waals surface area contributed by atoms with Crippen LogP contribution in [0.1, 0.15) is 48.9 Å². The van der Waals surface area contributed by atoms with E-state index in [9.17, 15) is 14.7 Å². The fraction of sp³-hybridized carbons (Fsp3) is 0.600. The molecule has 1 aliphatic heterocycles. The van der Waals surface area contributed by atoms with Gasteiger partial charge in [-0.3, -0.25) is 0 Å². The first-order chi connectivity index (χ1) is 13.1. The standard InChI is InChI=1S/C20H28N2O5/c23-14-20(9-11-26-12-10-20)13-21-19(25)22-16-7-5-15(6-8-16)18(24)27-17-3-1-2-4-17/h5-8,17,23H,1-4,9-14H2,(H2,21,22,25). The Bertz CT molecular complexity index is 634. The van der Waals surface area contributed by atoms with Gasteiger partial charge < -0.3 is 25.2 Å². The van der Waals surface area contributed by atoms with E-state index in [2.05, 4.69) is 10.6 Å². The molecule has 7 nitrogen and oxygen atoms in total. The van der Waals surface area contributed by atoms with Crippen LogP contribution in [0.5, 0.6) is 0 Å². The quantitative estimate of drug-likeness (QED) is 0.663. The van der Waals surface area contributed by atoms with Crippen LogP contribution in [-0.4, -0.2) is 49.6 Å². The first kappa shape index (κ1) is 19.6. The Balaban J connectivity index is 1.47. The van der Waals surface area contributed by atoms with E-state index < -0.39 is 0 Å². The third-order valence-electron chi connectivity index (χ3n) is 5.47. The van der Waals surface area contributed by atoms with Crippen LogP contribution in [0, 0.1) is 5.41 Å². The minimum absolute atomic E-state index is 0.0223. The number of nitrogens with one attached hydrogen (secondary N) is 2. The highest BCUT2D eigenvalue weighted by Gasteiger charge is 2.32. The summed E-state index contributed by atoms with van der Waals surface area (Å²) in [6.07, 6.45) is 5.58. The van der Waals surface area contributed by atoms with Crippen molar-refractivity contribution in [3.63, 3.8) is 0 Å². The highest BCUT2D eigenvalue weighted by molar-refractivity contribution is 5.92. The highest BCUT2D eigenvalue weighted by atomic mass is 16.5. The molecule has 1 heterocycles. The summed E-state index contributed by atoms with van der Waals surface area (Å²) in [5.41, 5.74) is 0.757. The van der Waals surface area contributed by atoms with Crippen LogP contribution in [-0.2, 0) is 9.47 Å². The predicted molar refractivity (Wildman–Crippen MR) is 101 cm³/mol. The van der Waals surface area contributed by atoms with Gasteiger partial charge >= 0.3 is 12.0 Å². The number of benzene rings is 1. The molecule has 0 unspecified atom stereocenters. The summed E-state index contributed by atoms with van der Waals surface area (Å²) in [5, 5.41) is 15.2. The monoisotopic (exact) mass is 376 g/mol. The molecule has 2 fully saturated rings. The fourth-order valence-corrected chi connectivity index (χ4v) is 3.55. The number of anilines is 1. The normalized spacial score (nSPS) is 19.4. The van der Waals surface area contributed by atoms with Crippen LogP contribution < -0.4 is 10.6 Å². The second-order valence-corrected chi connectivity index (χ2v) is 7.47. The summed E-state index contributed by atoms with van der Waals surface area (Å²) >= 11 is 0. The lowest BCUT2D eigenvalue weighted by Gasteiger charge is -2.35. The highest BCUT2D eigenvalue weighted by Crippen LogP contribution is 2.29. The summed E-state index contributed by atoms with van der Waals surface area (Å²) in [6, 6.07) is 6.33. The average Bonchev–Trinajstić information content (AvgIpc) is 3.21. The Morgan fingerprint density at radius 2 is 1.81 bits per heavy atom. The maximum atomic E-state index is 12.1. The van der Waals surface area contributed by atoms with Gasteiger partial charge in [-0.2, -0.15) is 0 Å². The number of rotatable bonds is 6. The molecule has 2 aliphatic rings. The zero-order chi connectivity index (χ0) is 19.1. The van der Waals surface area contributed by atoms with Crippen molar-refractivity contribution in [2.75, 3.05) is 31.7 Å². The maximum Gasteiger partial charge on any atom is 0.338 e. The molecule has 0 radical (unpaired) electrons. The van der Waals surface area contributed by atoms with Gasteiger partial charge in [0.1, 0.15) is 6.10 Å². The van der Waals surface area contributed by atoms with Crippen LogP contribution >= 0.6 is 0 Å². The number of aliphatic hydroxyl groups is 1. The summed E-state index contributed by atoms with van der Waals surface area (Å²) < 4.78 is 10.8. The molecule has 27 heavy (non-hydrogen) atoms. The molecule has 148 valence electrons. The second-order valence-electron chi connectivity index (χ2n) is 7.47. The molecule has 0 atom stereocenters. The van der Waals surface area contributed by atoms with Gasteiger partial charge in [0.05, 0.1) is 12.2 Å². The van der Waals surface area contributed by atoms with Gasteiger partial charge in [0.25, 0.3) is 0 Å². The number of aliphatic hydroxyl groups excluding tert-OH is 1. The zero-order valence-electron chi connectivity index (χ0n) is 15.5.